The van der Waals surface area contributed by atoms with Crippen LogP contribution in [0.2, 0.25) is 0 Å². The van der Waals surface area contributed by atoms with E-state index >= 15 is 0 Å². The number of anilines is 1. The lowest BCUT2D eigenvalue weighted by Crippen LogP contribution is -2.60. The molecule has 0 radical (unpaired) electrons. The quantitative estimate of drug-likeness (QED) is 0.116. The van der Waals surface area contributed by atoms with Crippen LogP contribution in [0.25, 0.3) is 0 Å². The minimum atomic E-state index is -0.802. The van der Waals surface area contributed by atoms with Gasteiger partial charge in [-0.1, -0.05) is 97.4 Å². The number of rotatable bonds is 25. The zero-order valence-electron chi connectivity index (χ0n) is 39.9. The van der Waals surface area contributed by atoms with Gasteiger partial charge in [0.25, 0.3) is 0 Å². The maximum absolute atomic E-state index is 14.6. The van der Waals surface area contributed by atoms with E-state index in [-0.39, 0.29) is 59.6 Å². The summed E-state index contributed by atoms with van der Waals surface area (Å²) in [4.78, 5) is 74.9. The van der Waals surface area contributed by atoms with Gasteiger partial charge < -0.3 is 35.2 Å². The third-order valence-corrected chi connectivity index (χ3v) is 12.9. The van der Waals surface area contributed by atoms with Gasteiger partial charge in [-0.2, -0.15) is 0 Å². The molecule has 4 amide bonds. The summed E-state index contributed by atoms with van der Waals surface area (Å²) in [5.74, 6) is -1.96. The van der Waals surface area contributed by atoms with Gasteiger partial charge in [0.1, 0.15) is 6.04 Å². The number of hydrogen-bond acceptors (Lipinski definition) is 9. The second-order valence-corrected chi connectivity index (χ2v) is 18.0. The molecule has 2 aromatic carbocycles. The number of amides is 4. The van der Waals surface area contributed by atoms with Crippen LogP contribution in [0.4, 0.5) is 5.69 Å². The lowest BCUT2D eigenvalue weighted by molar-refractivity contribution is -0.148. The molecule has 62 heavy (non-hydrogen) atoms. The largest absolute Gasteiger partial charge is 0.388 e. The second-order valence-electron chi connectivity index (χ2n) is 18.0. The van der Waals surface area contributed by atoms with Crippen LogP contribution in [0.3, 0.4) is 0 Å². The first-order valence-corrected chi connectivity index (χ1v) is 22.6. The molecule has 13 nitrogen and oxygen atoms in total. The van der Waals surface area contributed by atoms with E-state index in [1.807, 2.05) is 91.2 Å². The van der Waals surface area contributed by atoms with Gasteiger partial charge in [0.15, 0.2) is 5.78 Å². The van der Waals surface area contributed by atoms with E-state index in [1.165, 1.54) is 12.5 Å². The monoisotopic (exact) mass is 863 g/mol. The number of likely N-dealkylation sites (tertiary alicyclic amines) is 1. The molecule has 3 N–H and O–H groups in total. The molecule has 2 aromatic rings. The van der Waals surface area contributed by atoms with Gasteiger partial charge in [0, 0.05) is 47.1 Å². The number of benzene rings is 2. The molecule has 0 unspecified atom stereocenters. The van der Waals surface area contributed by atoms with Crippen molar-refractivity contribution in [2.24, 2.45) is 23.7 Å². The number of likely N-dealkylation sites (N-methyl/N-ethyl adjacent to an activating group) is 2. The SMILES string of the molecule is CC[C@H](C)[C@@H]([C@@H](CC(=O)N1CCC[C@H]1[C@H](OC)[C@@H](C)C(=O)N[C@@H](Cc1ccccc1)C(C)=O)OC)N(C)C(=O)[C@@H](NC(=O)[C@H](C(C)C)N(C)CCc1ccc(NC)cc1)C(C)C. The van der Waals surface area contributed by atoms with Crippen LogP contribution in [0.5, 0.6) is 0 Å². The number of ketones is 1. The molecule has 1 fully saturated rings. The highest BCUT2D eigenvalue weighted by molar-refractivity contribution is 5.90. The number of hydrogen-bond donors (Lipinski definition) is 3. The third kappa shape index (κ3) is 14.1. The Morgan fingerprint density at radius 3 is 2.02 bits per heavy atom. The van der Waals surface area contributed by atoms with Gasteiger partial charge in [-0.3, -0.25) is 28.9 Å². The highest BCUT2D eigenvalue weighted by Crippen LogP contribution is 2.30. The third-order valence-electron chi connectivity index (χ3n) is 12.9. The first-order chi connectivity index (χ1) is 29.4. The number of ether oxygens (including phenoxy) is 2. The first kappa shape index (κ1) is 52.0. The number of methoxy groups -OCH3 is 2. The van der Waals surface area contributed by atoms with Crippen molar-refractivity contribution in [3.63, 3.8) is 0 Å². The molecule has 0 spiro atoms. The highest BCUT2D eigenvalue weighted by atomic mass is 16.5. The van der Waals surface area contributed by atoms with Gasteiger partial charge in [-0.25, -0.2) is 0 Å². The Morgan fingerprint density at radius 2 is 1.48 bits per heavy atom. The van der Waals surface area contributed by atoms with Crippen molar-refractivity contribution in [1.29, 1.82) is 0 Å². The fraction of sp³-hybridized carbons (Fsp3) is 0.653. The Labute approximate surface area is 372 Å². The van der Waals surface area contributed by atoms with Gasteiger partial charge in [0.05, 0.1) is 48.7 Å². The van der Waals surface area contributed by atoms with Gasteiger partial charge in [0.2, 0.25) is 23.6 Å². The molecule has 0 bridgehead atoms. The zero-order valence-corrected chi connectivity index (χ0v) is 39.9. The standard InChI is InChI=1S/C49H78N6O7/c1-14-33(6)45(54(11)49(60)43(31(2)3)52-48(59)44(32(4)5)53(10)28-26-36-22-24-38(50-9)25-23-36)41(61-12)30-42(57)55-27-18-21-40(55)46(62-13)34(7)47(58)51-39(35(8)56)29-37-19-16-15-17-20-37/h15-17,19-20,22-25,31-34,39-41,43-46,50H,14,18,21,26-30H2,1-13H3,(H,51,58)(H,52,59)/t33-,34+,39-,40-,41+,43-,44-,45-,46+/m0/s1. The summed E-state index contributed by atoms with van der Waals surface area (Å²) < 4.78 is 12.1. The topological polar surface area (TPSA) is 150 Å². The predicted octanol–water partition coefficient (Wildman–Crippen LogP) is 5.60. The van der Waals surface area contributed by atoms with E-state index in [0.29, 0.717) is 25.9 Å². The van der Waals surface area contributed by atoms with Gasteiger partial charge in [-0.05, 0) is 80.7 Å². The minimum absolute atomic E-state index is 0.00866. The van der Waals surface area contributed by atoms with E-state index in [4.69, 9.17) is 9.47 Å². The Hall–Kier alpha value is -4.33. The van der Waals surface area contributed by atoms with E-state index in [2.05, 4.69) is 39.9 Å². The molecule has 1 heterocycles. The Kier molecular flexibility index (Phi) is 21.0. The lowest BCUT2D eigenvalue weighted by Gasteiger charge is -2.41. The van der Waals surface area contributed by atoms with Gasteiger partial charge >= 0.3 is 0 Å². The van der Waals surface area contributed by atoms with Crippen molar-refractivity contribution in [2.45, 2.75) is 136 Å². The fourth-order valence-electron chi connectivity index (χ4n) is 9.02. The van der Waals surface area contributed by atoms with Crippen LogP contribution in [0, 0.1) is 23.7 Å². The van der Waals surface area contributed by atoms with Gasteiger partial charge in [-0.15, -0.1) is 0 Å². The van der Waals surface area contributed by atoms with Crippen LogP contribution in [-0.4, -0.2) is 135 Å². The summed E-state index contributed by atoms with van der Waals surface area (Å²) in [6, 6.07) is 15.0. The molecule has 13 heteroatoms. The van der Waals surface area contributed by atoms with Crippen molar-refractivity contribution in [1.82, 2.24) is 25.3 Å². The maximum Gasteiger partial charge on any atom is 0.245 e. The Bertz CT molecular complexity index is 1720. The summed E-state index contributed by atoms with van der Waals surface area (Å²) in [7, 11) is 8.71. The maximum atomic E-state index is 14.6. The van der Waals surface area contributed by atoms with E-state index in [9.17, 15) is 24.0 Å². The zero-order chi connectivity index (χ0) is 46.3. The smallest absolute Gasteiger partial charge is 0.245 e. The van der Waals surface area contributed by atoms with Crippen molar-refractivity contribution in [3.8, 4) is 0 Å². The van der Waals surface area contributed by atoms with Crippen molar-refractivity contribution in [3.05, 3.63) is 65.7 Å². The predicted molar refractivity (Wildman–Crippen MR) is 247 cm³/mol. The van der Waals surface area contributed by atoms with Crippen LogP contribution >= 0.6 is 0 Å². The van der Waals surface area contributed by atoms with Crippen molar-refractivity contribution in [2.75, 3.05) is 53.8 Å². The summed E-state index contributed by atoms with van der Waals surface area (Å²) in [5.41, 5.74) is 3.16. The lowest BCUT2D eigenvalue weighted by atomic mass is 9.89. The molecular formula is C49H78N6O7. The summed E-state index contributed by atoms with van der Waals surface area (Å²) >= 11 is 0. The molecule has 9 atom stereocenters. The van der Waals surface area contributed by atoms with E-state index in [0.717, 1.165) is 30.5 Å². The second kappa shape index (κ2) is 25.1. The Balaban J connectivity index is 1.76. The first-order valence-electron chi connectivity index (χ1n) is 22.6. The number of nitrogens with zero attached hydrogens (tertiary/aromatic N) is 3. The van der Waals surface area contributed by atoms with Crippen molar-refractivity contribution < 1.29 is 33.4 Å². The van der Waals surface area contributed by atoms with Crippen LogP contribution in [0.15, 0.2) is 54.6 Å². The molecule has 0 aromatic heterocycles. The number of Topliss-reactive ketones (excluding diaryl/α,β-unsaturated/α-hetero) is 1. The van der Waals surface area contributed by atoms with Crippen LogP contribution < -0.4 is 16.0 Å². The Morgan fingerprint density at radius 1 is 0.839 bits per heavy atom. The number of carbonyl (C=O) groups is 5. The highest BCUT2D eigenvalue weighted by Gasteiger charge is 2.43. The minimum Gasteiger partial charge on any atom is -0.388 e. The van der Waals surface area contributed by atoms with Crippen molar-refractivity contribution >= 4 is 35.1 Å². The normalized spacial score (nSPS) is 18.1. The summed E-state index contributed by atoms with van der Waals surface area (Å²) in [6.45, 7) is 16.4. The summed E-state index contributed by atoms with van der Waals surface area (Å²) in [6.07, 6.45) is 2.01. The molecule has 1 aliphatic rings. The molecule has 1 saturated heterocycles. The summed E-state index contributed by atoms with van der Waals surface area (Å²) in [5, 5.41) is 9.23. The van der Waals surface area contributed by atoms with Crippen LogP contribution in [-0.2, 0) is 46.3 Å². The number of nitrogens with one attached hydrogen (secondary N) is 3. The fourth-order valence-corrected chi connectivity index (χ4v) is 9.02. The van der Waals surface area contributed by atoms with E-state index in [1.54, 1.807) is 38.0 Å². The van der Waals surface area contributed by atoms with E-state index < -0.39 is 42.3 Å². The molecule has 3 rings (SSSR count). The molecular weight excluding hydrogens is 785 g/mol. The molecule has 0 saturated carbocycles. The molecule has 1 aliphatic heterocycles. The average molecular weight is 863 g/mol. The van der Waals surface area contributed by atoms with Crippen LogP contribution in [0.1, 0.15) is 92.2 Å². The molecule has 346 valence electrons. The average Bonchev–Trinajstić information content (AvgIpc) is 3.74. The molecule has 0 aliphatic carbocycles. The number of carbonyl (C=O) groups excluding carboxylic acids is 5.